The van der Waals surface area contributed by atoms with Crippen molar-refractivity contribution in [2.75, 3.05) is 26.2 Å². The fraction of sp³-hybridized carbons (Fsp3) is 0.538. The summed E-state index contributed by atoms with van der Waals surface area (Å²) in [5, 5.41) is 2.04. The Bertz CT molecular complexity index is 945. The zero-order valence-electron chi connectivity index (χ0n) is 20.1. The van der Waals surface area contributed by atoms with Gasteiger partial charge in [0.1, 0.15) is 18.2 Å². The van der Waals surface area contributed by atoms with Gasteiger partial charge in [-0.25, -0.2) is 4.39 Å². The van der Waals surface area contributed by atoms with Crippen LogP contribution in [0.5, 0.6) is 5.75 Å². The number of carbonyl (C=O) groups excluding carboxylic acids is 2. The van der Waals surface area contributed by atoms with E-state index in [1.807, 2.05) is 30.2 Å². The Hall–Kier alpha value is -2.41. The molecule has 1 aliphatic rings. The van der Waals surface area contributed by atoms with Crippen LogP contribution in [0.15, 0.2) is 35.7 Å². The maximum absolute atomic E-state index is 13.6. The SMILES string of the molecule is CC[C@H](C)CN(CC(=O)N1CCc2sccc2[C@@H]1COc1cccc(F)c1)C(=O)CC(C)C. The molecule has 1 aromatic heterocycles. The normalized spacial score (nSPS) is 16.4. The molecule has 33 heavy (non-hydrogen) atoms. The largest absolute Gasteiger partial charge is 0.491 e. The predicted octanol–water partition coefficient (Wildman–Crippen LogP) is 5.31. The number of amides is 2. The Morgan fingerprint density at radius 2 is 2.06 bits per heavy atom. The van der Waals surface area contributed by atoms with E-state index in [0.29, 0.717) is 31.2 Å². The van der Waals surface area contributed by atoms with Crippen molar-refractivity contribution in [1.29, 1.82) is 0 Å². The van der Waals surface area contributed by atoms with Crippen LogP contribution in [0.4, 0.5) is 4.39 Å². The van der Waals surface area contributed by atoms with Crippen molar-refractivity contribution in [2.24, 2.45) is 11.8 Å². The minimum atomic E-state index is -0.357. The smallest absolute Gasteiger partial charge is 0.242 e. The molecule has 2 atom stereocenters. The Labute approximate surface area is 200 Å². The van der Waals surface area contributed by atoms with Gasteiger partial charge in [0, 0.05) is 30.5 Å². The van der Waals surface area contributed by atoms with Crippen molar-refractivity contribution < 1.29 is 18.7 Å². The third-order valence-corrected chi connectivity index (χ3v) is 7.11. The van der Waals surface area contributed by atoms with E-state index in [1.165, 1.54) is 17.0 Å². The summed E-state index contributed by atoms with van der Waals surface area (Å²) in [5.74, 6) is 0.605. The zero-order valence-corrected chi connectivity index (χ0v) is 20.9. The van der Waals surface area contributed by atoms with E-state index in [0.717, 1.165) is 18.4 Å². The number of benzene rings is 1. The molecule has 3 rings (SSSR count). The number of halogens is 1. The van der Waals surface area contributed by atoms with Gasteiger partial charge in [-0.1, -0.05) is 40.2 Å². The third kappa shape index (κ3) is 6.79. The van der Waals surface area contributed by atoms with E-state index in [4.69, 9.17) is 4.74 Å². The van der Waals surface area contributed by atoms with Crippen molar-refractivity contribution in [3.8, 4) is 5.75 Å². The first-order valence-electron chi connectivity index (χ1n) is 11.8. The van der Waals surface area contributed by atoms with Crippen LogP contribution in [0.2, 0.25) is 0 Å². The van der Waals surface area contributed by atoms with Gasteiger partial charge in [-0.2, -0.15) is 0 Å². The van der Waals surface area contributed by atoms with Crippen molar-refractivity contribution in [3.63, 3.8) is 0 Å². The number of thiophene rings is 1. The quantitative estimate of drug-likeness (QED) is 0.469. The maximum Gasteiger partial charge on any atom is 0.242 e. The topological polar surface area (TPSA) is 49.9 Å². The first-order chi connectivity index (χ1) is 15.8. The molecule has 0 N–H and O–H groups in total. The van der Waals surface area contributed by atoms with Gasteiger partial charge in [0.2, 0.25) is 11.8 Å². The molecule has 5 nitrogen and oxygen atoms in total. The number of ether oxygens (including phenoxy) is 1. The molecule has 0 unspecified atom stereocenters. The highest BCUT2D eigenvalue weighted by Gasteiger charge is 2.33. The van der Waals surface area contributed by atoms with Crippen molar-refractivity contribution in [2.45, 2.75) is 53.0 Å². The second kappa shape index (κ2) is 11.6. The van der Waals surface area contributed by atoms with Gasteiger partial charge in [-0.05, 0) is 47.4 Å². The Kier molecular flexibility index (Phi) is 8.89. The molecule has 0 aliphatic carbocycles. The number of nitrogens with zero attached hydrogens (tertiary/aromatic N) is 2. The molecular weight excluding hydrogens is 439 g/mol. The molecule has 0 fully saturated rings. The number of rotatable bonds is 10. The molecule has 2 heterocycles. The predicted molar refractivity (Wildman–Crippen MR) is 130 cm³/mol. The first-order valence-corrected chi connectivity index (χ1v) is 12.7. The highest BCUT2D eigenvalue weighted by atomic mass is 32.1. The first kappa shape index (κ1) is 25.2. The van der Waals surface area contributed by atoms with Crippen LogP contribution in [0, 0.1) is 17.7 Å². The van der Waals surface area contributed by atoms with Gasteiger partial charge in [0.05, 0.1) is 12.6 Å². The van der Waals surface area contributed by atoms with E-state index in [-0.39, 0.29) is 42.7 Å². The lowest BCUT2D eigenvalue weighted by Gasteiger charge is -2.37. The van der Waals surface area contributed by atoms with Crippen LogP contribution in [0.25, 0.3) is 0 Å². The zero-order chi connectivity index (χ0) is 24.0. The summed E-state index contributed by atoms with van der Waals surface area (Å²) in [6, 6.07) is 7.83. The summed E-state index contributed by atoms with van der Waals surface area (Å²) >= 11 is 1.69. The second-order valence-corrected chi connectivity index (χ2v) is 10.3. The Morgan fingerprint density at radius 1 is 1.27 bits per heavy atom. The van der Waals surface area contributed by atoms with Gasteiger partial charge in [-0.15, -0.1) is 11.3 Å². The second-order valence-electron chi connectivity index (χ2n) is 9.31. The molecule has 7 heteroatoms. The summed E-state index contributed by atoms with van der Waals surface area (Å²) in [6.45, 7) is 9.71. The van der Waals surface area contributed by atoms with Crippen molar-refractivity contribution in [1.82, 2.24) is 9.80 Å². The van der Waals surface area contributed by atoms with Crippen LogP contribution in [0.1, 0.15) is 57.0 Å². The average molecular weight is 475 g/mol. The summed E-state index contributed by atoms with van der Waals surface area (Å²) in [5.41, 5.74) is 1.08. The highest BCUT2D eigenvalue weighted by Crippen LogP contribution is 2.34. The monoisotopic (exact) mass is 474 g/mol. The minimum absolute atomic E-state index is 0.0273. The maximum atomic E-state index is 13.6. The van der Waals surface area contributed by atoms with Crippen LogP contribution >= 0.6 is 11.3 Å². The minimum Gasteiger partial charge on any atom is -0.491 e. The van der Waals surface area contributed by atoms with Crippen LogP contribution in [-0.4, -0.2) is 47.9 Å². The number of fused-ring (bicyclic) bond motifs is 1. The number of hydrogen-bond acceptors (Lipinski definition) is 4. The molecule has 0 saturated heterocycles. The molecule has 0 saturated carbocycles. The lowest BCUT2D eigenvalue weighted by Crippen LogP contribution is -2.48. The van der Waals surface area contributed by atoms with Gasteiger partial charge in [0.15, 0.2) is 0 Å². The lowest BCUT2D eigenvalue weighted by atomic mass is 10.00. The average Bonchev–Trinajstić information content (AvgIpc) is 3.25. The molecule has 2 aromatic rings. The van der Waals surface area contributed by atoms with Gasteiger partial charge in [0.25, 0.3) is 0 Å². The summed E-state index contributed by atoms with van der Waals surface area (Å²) in [7, 11) is 0. The lowest BCUT2D eigenvalue weighted by molar-refractivity contribution is -0.143. The van der Waals surface area contributed by atoms with Crippen LogP contribution in [-0.2, 0) is 16.0 Å². The number of carbonyl (C=O) groups is 2. The summed E-state index contributed by atoms with van der Waals surface area (Å²) < 4.78 is 19.5. The fourth-order valence-corrected chi connectivity index (χ4v) is 5.03. The van der Waals surface area contributed by atoms with Crippen molar-refractivity contribution >= 4 is 23.2 Å². The molecule has 1 aliphatic heterocycles. The van der Waals surface area contributed by atoms with E-state index in [9.17, 15) is 14.0 Å². The van der Waals surface area contributed by atoms with E-state index in [2.05, 4.69) is 13.8 Å². The van der Waals surface area contributed by atoms with Gasteiger partial charge >= 0.3 is 0 Å². The standard InChI is InChI=1S/C26H35FN2O3S/c1-5-19(4)15-28(25(30)13-18(2)3)16-26(31)29-11-9-24-22(10-12-33-24)23(29)17-32-21-8-6-7-20(27)14-21/h6-8,10,12,14,18-19,23H,5,9,11,13,15-17H2,1-4H3/t19-,23-/m0/s1. The molecule has 0 radical (unpaired) electrons. The molecule has 180 valence electrons. The third-order valence-electron chi connectivity index (χ3n) is 6.11. The van der Waals surface area contributed by atoms with Crippen LogP contribution < -0.4 is 4.74 Å². The summed E-state index contributed by atoms with van der Waals surface area (Å²) in [4.78, 5) is 31.2. The molecule has 2 amide bonds. The van der Waals surface area contributed by atoms with Gasteiger partial charge in [-0.3, -0.25) is 9.59 Å². The molecule has 0 spiro atoms. The molecule has 1 aromatic carbocycles. The highest BCUT2D eigenvalue weighted by molar-refractivity contribution is 7.10. The van der Waals surface area contributed by atoms with E-state index >= 15 is 0 Å². The Morgan fingerprint density at radius 3 is 2.76 bits per heavy atom. The molecular formula is C26H35FN2O3S. The Balaban J connectivity index is 1.77. The summed E-state index contributed by atoms with van der Waals surface area (Å²) in [6.07, 6.45) is 2.18. The molecule has 0 bridgehead atoms. The van der Waals surface area contributed by atoms with E-state index in [1.54, 1.807) is 28.4 Å². The van der Waals surface area contributed by atoms with Crippen molar-refractivity contribution in [3.05, 3.63) is 52.0 Å². The number of hydrogen-bond donors (Lipinski definition) is 0. The van der Waals surface area contributed by atoms with Crippen LogP contribution in [0.3, 0.4) is 0 Å². The fourth-order valence-electron chi connectivity index (χ4n) is 4.10. The van der Waals surface area contributed by atoms with Gasteiger partial charge < -0.3 is 14.5 Å². The van der Waals surface area contributed by atoms with E-state index < -0.39 is 0 Å².